The molecule has 0 amide bonds. The van der Waals surface area contributed by atoms with E-state index in [9.17, 15) is 5.11 Å². The van der Waals surface area contributed by atoms with E-state index in [1.165, 1.54) is 18.4 Å². The van der Waals surface area contributed by atoms with Crippen LogP contribution in [-0.2, 0) is 0 Å². The second-order valence-electron chi connectivity index (χ2n) is 11.7. The molecule has 4 atom stereocenters. The van der Waals surface area contributed by atoms with Crippen LogP contribution in [0.5, 0.6) is 5.75 Å². The highest BCUT2D eigenvalue weighted by Gasteiger charge is 2.43. The lowest BCUT2D eigenvalue weighted by Gasteiger charge is -2.25. The first kappa shape index (κ1) is 23.8. The van der Waals surface area contributed by atoms with Gasteiger partial charge < -0.3 is 19.1 Å². The second-order valence-corrected chi connectivity index (χ2v) is 11.7. The Bertz CT molecular complexity index is 1760. The zero-order valence-corrected chi connectivity index (χ0v) is 22.7. The molecule has 1 N–H and O–H groups in total. The summed E-state index contributed by atoms with van der Waals surface area (Å²) in [5.74, 6) is 2.98. The lowest BCUT2D eigenvalue weighted by Crippen LogP contribution is -2.24. The van der Waals surface area contributed by atoms with Gasteiger partial charge in [0.15, 0.2) is 0 Å². The van der Waals surface area contributed by atoms with Gasteiger partial charge in [-0.15, -0.1) is 0 Å². The second kappa shape index (κ2) is 8.99. The zero-order chi connectivity index (χ0) is 27.0. The molecule has 3 fully saturated rings. The van der Waals surface area contributed by atoms with Gasteiger partial charge in [0.25, 0.3) is 0 Å². The summed E-state index contributed by atoms with van der Waals surface area (Å²) in [5, 5.41) is 11.7. The van der Waals surface area contributed by atoms with Crippen LogP contribution >= 0.6 is 0 Å². The number of anilines is 1. The fraction of sp³-hybridized carbons (Fsp3) is 0.375. The monoisotopic (exact) mass is 532 g/mol. The van der Waals surface area contributed by atoms with Crippen LogP contribution in [0.3, 0.4) is 0 Å². The smallest absolute Gasteiger partial charge is 0.137 e. The fourth-order valence-corrected chi connectivity index (χ4v) is 6.42. The number of β-amino-alcohol motifs (C(OH)–C–C–N with tert-alkyl or cyclic N) is 1. The topological polar surface area (TPSA) is 88.7 Å². The van der Waals surface area contributed by atoms with Gasteiger partial charge in [0, 0.05) is 71.9 Å². The van der Waals surface area contributed by atoms with E-state index in [2.05, 4.69) is 68.1 Å². The molecular formula is C32H32N6O2. The van der Waals surface area contributed by atoms with Crippen LogP contribution in [0.4, 0.5) is 5.69 Å². The molecule has 8 nitrogen and oxygen atoms in total. The van der Waals surface area contributed by atoms with Gasteiger partial charge >= 0.3 is 0 Å². The molecule has 1 saturated heterocycles. The minimum Gasteiger partial charge on any atom is -0.496 e. The van der Waals surface area contributed by atoms with Crippen LogP contribution in [0.15, 0.2) is 61.1 Å². The Kier molecular flexibility index (Phi) is 5.35. The third-order valence-electron chi connectivity index (χ3n) is 8.80. The normalized spacial score (nSPS) is 24.2. The Morgan fingerprint density at radius 3 is 2.65 bits per heavy atom. The molecule has 40 heavy (non-hydrogen) atoms. The van der Waals surface area contributed by atoms with Gasteiger partial charge in [-0.1, -0.05) is 6.07 Å². The highest BCUT2D eigenvalue weighted by molar-refractivity contribution is 5.88. The number of benzene rings is 1. The van der Waals surface area contributed by atoms with Gasteiger partial charge in [-0.05, 0) is 68.0 Å². The van der Waals surface area contributed by atoms with Gasteiger partial charge in [-0.2, -0.15) is 0 Å². The third kappa shape index (κ3) is 4.09. The number of nitrogens with zero attached hydrogens (tertiary/aromatic N) is 6. The number of aliphatic hydroxyl groups excluding tert-OH is 1. The third-order valence-corrected chi connectivity index (χ3v) is 8.80. The first-order valence-electron chi connectivity index (χ1n) is 14.3. The Morgan fingerprint density at radius 1 is 0.925 bits per heavy atom. The largest absolute Gasteiger partial charge is 0.496 e. The fourth-order valence-electron chi connectivity index (χ4n) is 6.42. The van der Waals surface area contributed by atoms with Gasteiger partial charge in [0.2, 0.25) is 0 Å². The van der Waals surface area contributed by atoms with Crippen molar-refractivity contribution in [3.63, 3.8) is 0 Å². The summed E-state index contributed by atoms with van der Waals surface area (Å²) in [5.41, 5.74) is 7.26. The van der Waals surface area contributed by atoms with Crippen molar-refractivity contribution < 1.29 is 9.84 Å². The number of rotatable bonds is 6. The number of ether oxygens (including phenoxy) is 1. The molecule has 1 aromatic carbocycles. The molecule has 2 saturated carbocycles. The number of imidazole rings is 1. The van der Waals surface area contributed by atoms with Crippen molar-refractivity contribution in [1.29, 1.82) is 0 Å². The van der Waals surface area contributed by atoms with Crippen LogP contribution in [0.25, 0.3) is 16.6 Å². The van der Waals surface area contributed by atoms with Crippen LogP contribution in [-0.4, -0.2) is 49.2 Å². The van der Waals surface area contributed by atoms with E-state index in [1.54, 1.807) is 7.11 Å². The van der Waals surface area contributed by atoms with Crippen LogP contribution in [0, 0.1) is 6.92 Å². The van der Waals surface area contributed by atoms with Crippen molar-refractivity contribution in [3.8, 4) is 5.75 Å². The maximum Gasteiger partial charge on any atom is 0.137 e. The number of hydrogen-bond acceptors (Lipinski definition) is 7. The summed E-state index contributed by atoms with van der Waals surface area (Å²) >= 11 is 0. The maximum absolute atomic E-state index is 10.7. The molecule has 0 spiro atoms. The number of fused-ring (bicyclic) bond motifs is 2. The van der Waals surface area contributed by atoms with E-state index in [0.29, 0.717) is 18.9 Å². The minimum absolute atomic E-state index is 0.00640. The van der Waals surface area contributed by atoms with Gasteiger partial charge in [0.05, 0.1) is 30.5 Å². The molecule has 1 aliphatic heterocycles. The summed E-state index contributed by atoms with van der Waals surface area (Å²) in [6.45, 7) is 2.56. The molecule has 0 unspecified atom stereocenters. The summed E-state index contributed by atoms with van der Waals surface area (Å²) < 4.78 is 7.95. The molecule has 2 aliphatic carbocycles. The molecule has 0 bridgehead atoms. The molecule has 4 aromatic heterocycles. The van der Waals surface area contributed by atoms with E-state index in [4.69, 9.17) is 14.7 Å². The molecule has 0 radical (unpaired) electrons. The van der Waals surface area contributed by atoms with Crippen molar-refractivity contribution >= 4 is 22.2 Å². The van der Waals surface area contributed by atoms with E-state index in [1.807, 2.05) is 19.2 Å². The standard InChI is InChI=1S/C32H32N6O2/c1-18-9-10-33-32(34-18)25-13-24(25)27-14-30(40-2)23-7-6-21(11-26(23)35-27)38-16-22(39)12-29(38)28-17-37-15-20(19-3-4-19)5-8-31(37)36-28/h5-11,14-15,17,19,22,24-25,29,39H,3-4,12-13,16H2,1-2H3/t22-,24-,25-,29+/m0/s1. The lowest BCUT2D eigenvalue weighted by atomic mass is 10.1. The number of aryl methyl sites for hydroxylation is 1. The summed E-state index contributed by atoms with van der Waals surface area (Å²) in [7, 11) is 1.71. The highest BCUT2D eigenvalue weighted by Crippen LogP contribution is 2.54. The van der Waals surface area contributed by atoms with Crippen LogP contribution in [0.1, 0.15) is 77.9 Å². The first-order valence-corrected chi connectivity index (χ1v) is 14.3. The summed E-state index contributed by atoms with van der Waals surface area (Å²) in [6.07, 6.45) is 9.97. The molecule has 8 rings (SSSR count). The Morgan fingerprint density at radius 2 is 1.82 bits per heavy atom. The van der Waals surface area contributed by atoms with Gasteiger partial charge in [-0.25, -0.2) is 15.0 Å². The number of hydrogen-bond donors (Lipinski definition) is 1. The molecular weight excluding hydrogens is 500 g/mol. The van der Waals surface area contributed by atoms with Gasteiger partial charge in [-0.3, -0.25) is 4.98 Å². The highest BCUT2D eigenvalue weighted by atomic mass is 16.5. The molecule has 5 heterocycles. The average molecular weight is 533 g/mol. The summed E-state index contributed by atoms with van der Waals surface area (Å²) in [4.78, 5) is 21.5. The van der Waals surface area contributed by atoms with Crippen molar-refractivity contribution in [2.75, 3.05) is 18.6 Å². The van der Waals surface area contributed by atoms with E-state index >= 15 is 0 Å². The van der Waals surface area contributed by atoms with Gasteiger partial charge in [0.1, 0.15) is 17.2 Å². The molecule has 3 aliphatic rings. The SMILES string of the molecule is COc1cc([C@H]2C[C@@H]2c2nccc(C)n2)nc2cc(N3C[C@@H](O)C[C@@H]3c3cn4cc(C5CC5)ccc4n3)ccc12. The maximum atomic E-state index is 10.7. The number of aromatic nitrogens is 5. The Balaban J connectivity index is 1.13. The van der Waals surface area contributed by atoms with Crippen LogP contribution < -0.4 is 9.64 Å². The van der Waals surface area contributed by atoms with Crippen molar-refractivity contribution in [1.82, 2.24) is 24.3 Å². The average Bonchev–Trinajstić information content (AvgIpc) is 3.89. The van der Waals surface area contributed by atoms with Crippen molar-refractivity contribution in [2.24, 2.45) is 0 Å². The molecule has 8 heteroatoms. The Hall–Kier alpha value is -4.04. The Labute approximate surface area is 232 Å². The van der Waals surface area contributed by atoms with Crippen molar-refractivity contribution in [3.05, 3.63) is 89.5 Å². The molecule has 5 aromatic rings. The number of aliphatic hydroxyl groups is 1. The van der Waals surface area contributed by atoms with E-state index in [-0.39, 0.29) is 17.9 Å². The molecule has 202 valence electrons. The lowest BCUT2D eigenvalue weighted by molar-refractivity contribution is 0.194. The minimum atomic E-state index is -0.414. The number of pyridine rings is 2. The predicted molar refractivity (Wildman–Crippen MR) is 153 cm³/mol. The number of methoxy groups -OCH3 is 1. The van der Waals surface area contributed by atoms with Crippen LogP contribution in [0.2, 0.25) is 0 Å². The van der Waals surface area contributed by atoms with E-state index < -0.39 is 6.10 Å². The van der Waals surface area contributed by atoms with E-state index in [0.717, 1.165) is 57.3 Å². The van der Waals surface area contributed by atoms with Crippen molar-refractivity contribution in [2.45, 2.75) is 62.5 Å². The predicted octanol–water partition coefficient (Wildman–Crippen LogP) is 5.45. The first-order chi connectivity index (χ1) is 19.5. The zero-order valence-electron chi connectivity index (χ0n) is 22.7. The quantitative estimate of drug-likeness (QED) is 0.311. The summed E-state index contributed by atoms with van der Waals surface area (Å²) in [6, 6.07) is 14.6.